The van der Waals surface area contributed by atoms with E-state index in [1.165, 1.54) is 12.1 Å². The largest absolute Gasteiger partial charge is 0.273 e. The molecule has 0 radical (unpaired) electrons. The Morgan fingerprint density at radius 1 is 1.44 bits per heavy atom. The fourth-order valence-electron chi connectivity index (χ4n) is 2.19. The van der Waals surface area contributed by atoms with Crippen LogP contribution in [0.15, 0.2) is 29.4 Å². The minimum atomic E-state index is -0.441. The molecule has 0 fully saturated rings. The third-order valence-corrected chi connectivity index (χ3v) is 3.15. The number of hydrogen-bond donors (Lipinski definition) is 1. The molecule has 1 aromatic rings. The van der Waals surface area contributed by atoms with Gasteiger partial charge in [0, 0.05) is 29.7 Å². The lowest BCUT2D eigenvalue weighted by molar-refractivity contribution is -0.384. The Labute approximate surface area is 104 Å². The van der Waals surface area contributed by atoms with Crippen LogP contribution in [0.5, 0.6) is 0 Å². The molecule has 2 rings (SSSR count). The zero-order valence-corrected chi connectivity index (χ0v) is 10.1. The number of benzene rings is 1. The van der Waals surface area contributed by atoms with Crippen LogP contribution in [0, 0.1) is 16.0 Å². The lowest BCUT2D eigenvalue weighted by Crippen LogP contribution is -2.38. The van der Waals surface area contributed by atoms with E-state index in [0.29, 0.717) is 0 Å². The van der Waals surface area contributed by atoms with Crippen LogP contribution in [0.3, 0.4) is 0 Å². The van der Waals surface area contributed by atoms with Crippen LogP contribution in [-0.2, 0) is 4.79 Å². The molecule has 18 heavy (non-hydrogen) atoms. The first-order chi connectivity index (χ1) is 8.50. The summed E-state index contributed by atoms with van der Waals surface area (Å²) in [5, 5.41) is 14.7. The van der Waals surface area contributed by atoms with Crippen LogP contribution in [-0.4, -0.2) is 16.5 Å². The average molecular weight is 247 g/mol. The monoisotopic (exact) mass is 247 g/mol. The van der Waals surface area contributed by atoms with Crippen LogP contribution in [0.1, 0.15) is 25.3 Å². The normalized spacial score (nSPS) is 23.2. The lowest BCUT2D eigenvalue weighted by Gasteiger charge is -2.26. The predicted molar refractivity (Wildman–Crippen MR) is 66.3 cm³/mol. The number of rotatable bonds is 2. The Hall–Kier alpha value is -2.24. The van der Waals surface area contributed by atoms with Gasteiger partial charge in [-0.1, -0.05) is 19.1 Å². The summed E-state index contributed by atoms with van der Waals surface area (Å²) in [6.45, 7) is 3.59. The molecule has 2 atom stereocenters. The van der Waals surface area contributed by atoms with Crippen molar-refractivity contribution in [2.24, 2.45) is 11.0 Å². The maximum atomic E-state index is 11.6. The molecule has 1 aromatic carbocycles. The molecule has 1 amide bonds. The van der Waals surface area contributed by atoms with Crippen LogP contribution >= 0.6 is 0 Å². The zero-order chi connectivity index (χ0) is 13.3. The quantitative estimate of drug-likeness (QED) is 0.639. The zero-order valence-electron chi connectivity index (χ0n) is 10.1. The van der Waals surface area contributed by atoms with Gasteiger partial charge in [0.15, 0.2) is 0 Å². The van der Waals surface area contributed by atoms with Crippen LogP contribution in [0.4, 0.5) is 5.69 Å². The number of hydrazone groups is 1. The first-order valence-corrected chi connectivity index (χ1v) is 5.59. The topological polar surface area (TPSA) is 84.6 Å². The highest BCUT2D eigenvalue weighted by Gasteiger charge is 2.32. The molecule has 2 unspecified atom stereocenters. The van der Waals surface area contributed by atoms with Gasteiger partial charge in [-0.25, -0.2) is 5.43 Å². The second-order valence-electron chi connectivity index (χ2n) is 4.35. The van der Waals surface area contributed by atoms with Gasteiger partial charge in [0.1, 0.15) is 0 Å². The molecule has 0 aliphatic carbocycles. The van der Waals surface area contributed by atoms with E-state index in [0.717, 1.165) is 11.3 Å². The maximum Gasteiger partial charge on any atom is 0.269 e. The minimum absolute atomic E-state index is 0.0264. The molecule has 94 valence electrons. The van der Waals surface area contributed by atoms with Crippen molar-refractivity contribution in [3.63, 3.8) is 0 Å². The van der Waals surface area contributed by atoms with Crippen molar-refractivity contribution in [3.8, 4) is 0 Å². The van der Waals surface area contributed by atoms with E-state index in [4.69, 9.17) is 0 Å². The summed E-state index contributed by atoms with van der Waals surface area (Å²) < 4.78 is 0. The molecule has 0 aromatic heterocycles. The fourth-order valence-corrected chi connectivity index (χ4v) is 2.19. The second kappa shape index (κ2) is 4.56. The van der Waals surface area contributed by atoms with E-state index in [1.807, 2.05) is 0 Å². The summed E-state index contributed by atoms with van der Waals surface area (Å²) in [5.41, 5.74) is 3.96. The Kier molecular flexibility index (Phi) is 3.10. The summed E-state index contributed by atoms with van der Waals surface area (Å²) >= 11 is 0. The fraction of sp³-hybridized carbons (Fsp3) is 0.333. The molecule has 1 heterocycles. The summed E-state index contributed by atoms with van der Waals surface area (Å²) in [6, 6.07) is 6.34. The Bertz CT molecular complexity index is 539. The molecule has 6 nitrogen and oxygen atoms in total. The molecule has 1 N–H and O–H groups in total. The lowest BCUT2D eigenvalue weighted by atomic mass is 9.82. The molecular weight excluding hydrogens is 234 g/mol. The van der Waals surface area contributed by atoms with E-state index in [9.17, 15) is 14.9 Å². The molecule has 6 heteroatoms. The van der Waals surface area contributed by atoms with Crippen molar-refractivity contribution < 1.29 is 9.72 Å². The highest BCUT2D eigenvalue weighted by Crippen LogP contribution is 2.30. The van der Waals surface area contributed by atoms with E-state index >= 15 is 0 Å². The number of carbonyl (C=O) groups excluding carboxylic acids is 1. The highest BCUT2D eigenvalue weighted by atomic mass is 16.6. The minimum Gasteiger partial charge on any atom is -0.273 e. The van der Waals surface area contributed by atoms with E-state index in [1.54, 1.807) is 26.0 Å². The van der Waals surface area contributed by atoms with Gasteiger partial charge in [-0.2, -0.15) is 5.10 Å². The SMILES string of the molecule is CC1=NNC(=O)C(C)C1c1cccc([N+](=O)[O-])c1. The van der Waals surface area contributed by atoms with Gasteiger partial charge in [0.2, 0.25) is 5.91 Å². The molecule has 0 saturated carbocycles. The third kappa shape index (κ3) is 2.09. The van der Waals surface area contributed by atoms with Gasteiger partial charge in [0.25, 0.3) is 5.69 Å². The maximum absolute atomic E-state index is 11.6. The second-order valence-corrected chi connectivity index (χ2v) is 4.35. The van der Waals surface area contributed by atoms with Crippen molar-refractivity contribution >= 4 is 17.3 Å². The number of carbonyl (C=O) groups is 1. The van der Waals surface area contributed by atoms with Crippen molar-refractivity contribution in [1.82, 2.24) is 5.43 Å². The van der Waals surface area contributed by atoms with Gasteiger partial charge < -0.3 is 0 Å². The number of hydrogen-bond acceptors (Lipinski definition) is 4. The van der Waals surface area contributed by atoms with Crippen LogP contribution in [0.2, 0.25) is 0 Å². The smallest absolute Gasteiger partial charge is 0.269 e. The molecule has 0 bridgehead atoms. The van der Waals surface area contributed by atoms with E-state index < -0.39 is 4.92 Å². The Balaban J connectivity index is 2.44. The third-order valence-electron chi connectivity index (χ3n) is 3.15. The molecule has 1 aliphatic heterocycles. The van der Waals surface area contributed by atoms with E-state index in [2.05, 4.69) is 10.5 Å². The Morgan fingerprint density at radius 2 is 2.17 bits per heavy atom. The Morgan fingerprint density at radius 3 is 2.83 bits per heavy atom. The molecule has 1 aliphatic rings. The standard InChI is InChI=1S/C12H13N3O3/c1-7-11(8(2)13-14-12(7)16)9-4-3-5-10(6-9)15(17)18/h3-7,11H,1-2H3,(H,14,16). The molecule has 0 saturated heterocycles. The van der Waals surface area contributed by atoms with Gasteiger partial charge in [-0.15, -0.1) is 0 Å². The van der Waals surface area contributed by atoms with Gasteiger partial charge in [0.05, 0.1) is 4.92 Å². The number of amides is 1. The highest BCUT2D eigenvalue weighted by molar-refractivity contribution is 5.97. The predicted octanol–water partition coefficient (Wildman–Crippen LogP) is 1.82. The van der Waals surface area contributed by atoms with Gasteiger partial charge in [-0.05, 0) is 12.5 Å². The van der Waals surface area contributed by atoms with Crippen molar-refractivity contribution in [2.45, 2.75) is 19.8 Å². The van der Waals surface area contributed by atoms with Crippen molar-refractivity contribution in [2.75, 3.05) is 0 Å². The number of nitro benzene ring substituents is 1. The number of nitrogens with zero attached hydrogens (tertiary/aromatic N) is 2. The van der Waals surface area contributed by atoms with E-state index in [-0.39, 0.29) is 23.4 Å². The first kappa shape index (κ1) is 12.2. The summed E-state index contributed by atoms with van der Waals surface area (Å²) in [4.78, 5) is 21.9. The summed E-state index contributed by atoms with van der Waals surface area (Å²) in [6.07, 6.45) is 0. The number of nitro groups is 1. The number of nitrogens with one attached hydrogen (secondary N) is 1. The molecular formula is C12H13N3O3. The van der Waals surface area contributed by atoms with Gasteiger partial charge in [-0.3, -0.25) is 14.9 Å². The average Bonchev–Trinajstić information content (AvgIpc) is 2.35. The van der Waals surface area contributed by atoms with Crippen LogP contribution < -0.4 is 5.43 Å². The summed E-state index contributed by atoms with van der Waals surface area (Å²) in [5.74, 6) is -0.666. The van der Waals surface area contributed by atoms with Crippen molar-refractivity contribution in [1.29, 1.82) is 0 Å². The summed E-state index contributed by atoms with van der Waals surface area (Å²) in [7, 11) is 0. The van der Waals surface area contributed by atoms with Crippen molar-refractivity contribution in [3.05, 3.63) is 39.9 Å². The number of non-ortho nitro benzene ring substituents is 1. The first-order valence-electron chi connectivity index (χ1n) is 5.59. The molecule has 0 spiro atoms. The van der Waals surface area contributed by atoms with Gasteiger partial charge >= 0.3 is 0 Å². The van der Waals surface area contributed by atoms with Crippen LogP contribution in [0.25, 0.3) is 0 Å².